The molecule has 3 heterocycles. The van der Waals surface area contributed by atoms with Crippen LogP contribution in [0.1, 0.15) is 5.56 Å². The lowest BCUT2D eigenvalue weighted by Gasteiger charge is -2.43. The Morgan fingerprint density at radius 3 is 2.68 bits per heavy atom. The zero-order chi connectivity index (χ0) is 24.0. The van der Waals surface area contributed by atoms with E-state index in [0.29, 0.717) is 35.6 Å². The minimum absolute atomic E-state index is 0.161. The van der Waals surface area contributed by atoms with Gasteiger partial charge in [-0.3, -0.25) is 9.80 Å². The van der Waals surface area contributed by atoms with Crippen LogP contribution < -0.4 is 19.7 Å². The van der Waals surface area contributed by atoms with Crippen LogP contribution in [0.3, 0.4) is 0 Å². The minimum Gasteiger partial charge on any atom is -0.496 e. The van der Waals surface area contributed by atoms with Gasteiger partial charge in [-0.05, 0) is 32.2 Å². The van der Waals surface area contributed by atoms with Crippen LogP contribution in [-0.2, 0) is 4.74 Å². The lowest BCUT2D eigenvalue weighted by atomic mass is 9.95. The lowest BCUT2D eigenvalue weighted by Crippen LogP contribution is -2.62. The van der Waals surface area contributed by atoms with E-state index in [9.17, 15) is 13.6 Å². The molecule has 34 heavy (non-hydrogen) atoms. The predicted molar refractivity (Wildman–Crippen MR) is 121 cm³/mol. The summed E-state index contributed by atoms with van der Waals surface area (Å²) in [6.45, 7) is 0.196. The molecule has 11 heteroatoms. The number of alkyl halides is 2. The van der Waals surface area contributed by atoms with Crippen molar-refractivity contribution in [2.75, 3.05) is 44.0 Å². The molecular formula is C23H23F2N5O4. The minimum atomic E-state index is -3.07. The summed E-state index contributed by atoms with van der Waals surface area (Å²) in [6.07, 6.45) is 0.719. The number of nitrogens with zero attached hydrogens (tertiary/aromatic N) is 4. The topological polar surface area (TPSA) is 89.1 Å². The number of anilines is 3. The number of aromatic nitrogens is 2. The van der Waals surface area contributed by atoms with E-state index >= 15 is 0 Å². The Labute approximate surface area is 194 Å². The molecule has 1 spiro atoms. The van der Waals surface area contributed by atoms with E-state index in [0.717, 1.165) is 11.3 Å². The highest BCUT2D eigenvalue weighted by atomic mass is 19.3. The average molecular weight is 471 g/mol. The maximum absolute atomic E-state index is 13.2. The summed E-state index contributed by atoms with van der Waals surface area (Å²) in [6, 6.07) is 8.51. The molecule has 0 unspecified atom stereocenters. The third-order valence-electron chi connectivity index (χ3n) is 6.07. The zero-order valence-corrected chi connectivity index (χ0v) is 18.8. The van der Waals surface area contributed by atoms with Gasteiger partial charge in [0.2, 0.25) is 0 Å². The SMILES string of the molecule is COc1cccc(Nc2ncnc3cc(OC(F)F)c(N4CC5(CN(C)C5)OC4=O)cc23)c1C. The molecule has 0 saturated carbocycles. The largest absolute Gasteiger partial charge is 0.496 e. The number of likely N-dealkylation sites (tertiary alicyclic amines) is 1. The number of halogens is 2. The summed E-state index contributed by atoms with van der Waals surface area (Å²) in [5.41, 5.74) is 1.52. The highest BCUT2D eigenvalue weighted by Gasteiger charge is 2.53. The standard InChI is InChI=1S/C23H23F2N5O4/c1-13-15(5-4-6-18(13)32-3)28-20-14-7-17(19(33-21(24)25)8-16(14)26-12-27-20)30-11-23(34-22(30)31)9-29(2)10-23/h4-8,12,21H,9-11H2,1-3H3,(H,26,27,28). The van der Waals surface area contributed by atoms with Gasteiger partial charge < -0.3 is 19.5 Å². The van der Waals surface area contributed by atoms with Crippen molar-refractivity contribution in [3.05, 3.63) is 42.2 Å². The molecule has 2 saturated heterocycles. The Morgan fingerprint density at radius 2 is 1.97 bits per heavy atom. The van der Waals surface area contributed by atoms with Crippen molar-refractivity contribution in [2.24, 2.45) is 0 Å². The van der Waals surface area contributed by atoms with Crippen LogP contribution in [0.15, 0.2) is 36.7 Å². The number of likely N-dealkylation sites (N-methyl/N-ethyl adjacent to an activating group) is 1. The first kappa shape index (κ1) is 22.1. The first-order valence-corrected chi connectivity index (χ1v) is 10.6. The second kappa shape index (κ2) is 8.24. The van der Waals surface area contributed by atoms with Crippen molar-refractivity contribution in [1.29, 1.82) is 0 Å². The Morgan fingerprint density at radius 1 is 1.18 bits per heavy atom. The van der Waals surface area contributed by atoms with Crippen molar-refractivity contribution in [2.45, 2.75) is 19.1 Å². The predicted octanol–water partition coefficient (Wildman–Crippen LogP) is 3.93. The van der Waals surface area contributed by atoms with Gasteiger partial charge >= 0.3 is 12.7 Å². The molecule has 1 amide bonds. The zero-order valence-electron chi connectivity index (χ0n) is 18.8. The number of hydrogen-bond donors (Lipinski definition) is 1. The molecule has 0 bridgehead atoms. The van der Waals surface area contributed by atoms with Crippen molar-refractivity contribution in [3.63, 3.8) is 0 Å². The van der Waals surface area contributed by atoms with E-state index in [1.165, 1.54) is 17.3 Å². The monoisotopic (exact) mass is 471 g/mol. The number of carbonyl (C=O) groups excluding carboxylic acids is 1. The number of rotatable bonds is 6. The number of ether oxygens (including phenoxy) is 3. The van der Waals surface area contributed by atoms with Crippen LogP contribution in [0.5, 0.6) is 11.5 Å². The second-order valence-electron chi connectivity index (χ2n) is 8.51. The number of methoxy groups -OCH3 is 1. The van der Waals surface area contributed by atoms with Gasteiger partial charge in [0.15, 0.2) is 11.4 Å². The highest BCUT2D eigenvalue weighted by Crippen LogP contribution is 2.41. The number of nitrogens with one attached hydrogen (secondary N) is 1. The Bertz CT molecular complexity index is 1270. The smallest absolute Gasteiger partial charge is 0.415 e. The number of hydrogen-bond acceptors (Lipinski definition) is 8. The van der Waals surface area contributed by atoms with Crippen molar-refractivity contribution >= 4 is 34.2 Å². The molecule has 9 nitrogen and oxygen atoms in total. The van der Waals surface area contributed by atoms with Crippen LogP contribution in [0, 0.1) is 6.92 Å². The number of benzene rings is 2. The molecule has 178 valence electrons. The molecule has 2 fully saturated rings. The van der Waals surface area contributed by atoms with Gasteiger partial charge in [0, 0.05) is 35.8 Å². The van der Waals surface area contributed by atoms with E-state index in [4.69, 9.17) is 14.2 Å². The molecule has 2 aliphatic rings. The molecular weight excluding hydrogens is 448 g/mol. The lowest BCUT2D eigenvalue weighted by molar-refractivity contribution is -0.0599. The molecule has 5 rings (SSSR count). The number of amides is 1. The van der Waals surface area contributed by atoms with E-state index in [1.807, 2.05) is 37.1 Å². The van der Waals surface area contributed by atoms with E-state index in [1.54, 1.807) is 13.2 Å². The van der Waals surface area contributed by atoms with Crippen LogP contribution in [0.25, 0.3) is 10.9 Å². The second-order valence-corrected chi connectivity index (χ2v) is 8.51. The quantitative estimate of drug-likeness (QED) is 0.579. The normalized spacial score (nSPS) is 17.2. The molecule has 0 atom stereocenters. The molecule has 2 aliphatic heterocycles. The van der Waals surface area contributed by atoms with Crippen LogP contribution in [-0.4, -0.2) is 67.0 Å². The highest BCUT2D eigenvalue weighted by molar-refractivity contribution is 6.00. The fraction of sp³-hybridized carbons (Fsp3) is 0.348. The van der Waals surface area contributed by atoms with E-state index in [-0.39, 0.29) is 18.0 Å². The summed E-state index contributed by atoms with van der Waals surface area (Å²) in [7, 11) is 3.50. The summed E-state index contributed by atoms with van der Waals surface area (Å²) in [5.74, 6) is 0.982. The van der Waals surface area contributed by atoms with Gasteiger partial charge in [0.1, 0.15) is 17.9 Å². The van der Waals surface area contributed by atoms with Gasteiger partial charge in [-0.1, -0.05) is 6.07 Å². The first-order chi connectivity index (χ1) is 16.3. The van der Waals surface area contributed by atoms with Gasteiger partial charge in [-0.25, -0.2) is 14.8 Å². The molecule has 2 aromatic carbocycles. The summed E-state index contributed by atoms with van der Waals surface area (Å²) >= 11 is 0. The first-order valence-electron chi connectivity index (χ1n) is 10.6. The van der Waals surface area contributed by atoms with E-state index < -0.39 is 18.3 Å². The van der Waals surface area contributed by atoms with Crippen LogP contribution in [0.4, 0.5) is 30.8 Å². The van der Waals surface area contributed by atoms with E-state index in [2.05, 4.69) is 15.3 Å². The molecule has 0 aliphatic carbocycles. The van der Waals surface area contributed by atoms with Crippen LogP contribution >= 0.6 is 0 Å². The molecule has 0 radical (unpaired) electrons. The van der Waals surface area contributed by atoms with Gasteiger partial charge in [0.05, 0.1) is 24.9 Å². The summed E-state index contributed by atoms with van der Waals surface area (Å²) in [4.78, 5) is 24.6. The maximum atomic E-state index is 13.2. The van der Waals surface area contributed by atoms with Gasteiger partial charge in [-0.15, -0.1) is 0 Å². The summed E-state index contributed by atoms with van der Waals surface area (Å²) in [5, 5.41) is 3.79. The number of fused-ring (bicyclic) bond motifs is 1. The van der Waals surface area contributed by atoms with Gasteiger partial charge in [0.25, 0.3) is 0 Å². The average Bonchev–Trinajstić information content (AvgIpc) is 3.11. The van der Waals surface area contributed by atoms with Gasteiger partial charge in [-0.2, -0.15) is 8.78 Å². The van der Waals surface area contributed by atoms with Crippen molar-refractivity contribution < 1.29 is 27.8 Å². The third-order valence-corrected chi connectivity index (χ3v) is 6.07. The summed E-state index contributed by atoms with van der Waals surface area (Å²) < 4.78 is 42.2. The molecule has 3 aromatic rings. The molecule has 1 aromatic heterocycles. The Hall–Kier alpha value is -3.73. The van der Waals surface area contributed by atoms with Crippen molar-refractivity contribution in [3.8, 4) is 11.5 Å². The molecule has 1 N–H and O–H groups in total. The third kappa shape index (κ3) is 3.81. The number of carbonyl (C=O) groups is 1. The Balaban J connectivity index is 1.58. The fourth-order valence-electron chi connectivity index (χ4n) is 4.58. The van der Waals surface area contributed by atoms with Crippen LogP contribution in [0.2, 0.25) is 0 Å². The Kier molecular flexibility index (Phi) is 5.35. The fourth-order valence-corrected chi connectivity index (χ4v) is 4.58. The maximum Gasteiger partial charge on any atom is 0.415 e. The van der Waals surface area contributed by atoms with Crippen molar-refractivity contribution in [1.82, 2.24) is 14.9 Å².